The van der Waals surface area contributed by atoms with Crippen molar-refractivity contribution in [3.05, 3.63) is 69.1 Å². The maximum Gasteiger partial charge on any atom is 0.255 e. The number of hydrogen-bond donors (Lipinski definition) is 3. The van der Waals surface area contributed by atoms with E-state index in [9.17, 15) is 18.3 Å². The first-order valence-electron chi connectivity index (χ1n) is 12.0. The molecular formula is C26H32ClN3O5S. The molecule has 2 heterocycles. The number of ether oxygens (including phenoxy) is 1. The molecule has 1 aliphatic rings. The Morgan fingerprint density at radius 2 is 1.94 bits per heavy atom. The first-order chi connectivity index (χ1) is 17.1. The Morgan fingerprint density at radius 1 is 1.19 bits per heavy atom. The average molecular weight is 534 g/mol. The number of rotatable bonds is 9. The number of β-amino-alcohol motifs (C(OH)–C–C–N with tert-alkyl or cyclic N) is 1. The van der Waals surface area contributed by atoms with Crippen molar-refractivity contribution in [1.82, 2.24) is 15.2 Å². The third kappa shape index (κ3) is 6.66. The Bertz CT molecular complexity index is 1380. The highest BCUT2D eigenvalue weighted by molar-refractivity contribution is 7.90. The van der Waals surface area contributed by atoms with Crippen LogP contribution >= 0.6 is 11.6 Å². The average Bonchev–Trinajstić information content (AvgIpc) is 2.83. The summed E-state index contributed by atoms with van der Waals surface area (Å²) in [5.74, 6) is 0.865. The summed E-state index contributed by atoms with van der Waals surface area (Å²) in [4.78, 5) is 17.3. The van der Waals surface area contributed by atoms with Gasteiger partial charge in [0.1, 0.15) is 11.9 Å². The number of H-pyrrole nitrogens is 1. The first kappa shape index (κ1) is 26.6. The summed E-state index contributed by atoms with van der Waals surface area (Å²) in [6, 6.07) is 10.2. The predicted octanol–water partition coefficient (Wildman–Crippen LogP) is 2.89. The third-order valence-electron chi connectivity index (χ3n) is 6.52. The number of hydrogen-bond acceptors (Lipinski definition) is 7. The predicted molar refractivity (Wildman–Crippen MR) is 142 cm³/mol. The van der Waals surface area contributed by atoms with Crippen LogP contribution in [-0.2, 0) is 16.4 Å². The van der Waals surface area contributed by atoms with Gasteiger partial charge in [-0.25, -0.2) is 8.42 Å². The molecule has 0 bridgehead atoms. The van der Waals surface area contributed by atoms with Crippen molar-refractivity contribution in [1.29, 1.82) is 0 Å². The molecule has 10 heteroatoms. The van der Waals surface area contributed by atoms with Crippen LogP contribution in [0.2, 0.25) is 5.02 Å². The zero-order chi connectivity index (χ0) is 25.9. The highest BCUT2D eigenvalue weighted by atomic mass is 35.5. The normalized spacial score (nSPS) is 16.3. The van der Waals surface area contributed by atoms with Crippen molar-refractivity contribution in [3.8, 4) is 5.75 Å². The summed E-state index contributed by atoms with van der Waals surface area (Å²) in [5.41, 5.74) is 1.52. The molecule has 4 rings (SSSR count). The molecule has 36 heavy (non-hydrogen) atoms. The Balaban J connectivity index is 1.26. The first-order valence-corrected chi connectivity index (χ1v) is 14.3. The van der Waals surface area contributed by atoms with E-state index in [0.717, 1.165) is 49.1 Å². The molecule has 3 aromatic rings. The fourth-order valence-corrected chi connectivity index (χ4v) is 5.42. The van der Waals surface area contributed by atoms with Gasteiger partial charge in [-0.15, -0.1) is 0 Å². The fourth-order valence-electron chi connectivity index (χ4n) is 4.55. The number of aliphatic hydroxyl groups is 1. The lowest BCUT2D eigenvalue weighted by Gasteiger charge is -2.33. The van der Waals surface area contributed by atoms with Crippen LogP contribution in [0.1, 0.15) is 24.0 Å². The van der Waals surface area contributed by atoms with E-state index in [1.807, 2.05) is 25.1 Å². The van der Waals surface area contributed by atoms with E-state index in [4.69, 9.17) is 16.3 Å². The van der Waals surface area contributed by atoms with Crippen molar-refractivity contribution in [2.24, 2.45) is 0 Å². The molecule has 0 spiro atoms. The number of pyridine rings is 1. The second-order valence-electron chi connectivity index (χ2n) is 9.43. The zero-order valence-electron chi connectivity index (χ0n) is 20.5. The van der Waals surface area contributed by atoms with Crippen molar-refractivity contribution in [2.45, 2.75) is 43.4 Å². The molecule has 1 atom stereocenters. The molecule has 0 amide bonds. The van der Waals surface area contributed by atoms with Gasteiger partial charge in [0.2, 0.25) is 0 Å². The quantitative estimate of drug-likeness (QED) is 0.388. The second kappa shape index (κ2) is 11.3. The summed E-state index contributed by atoms with van der Waals surface area (Å²) in [5, 5.41) is 15.5. The van der Waals surface area contributed by atoms with Crippen LogP contribution in [0, 0.1) is 6.92 Å². The van der Waals surface area contributed by atoms with Crippen LogP contribution in [-0.4, -0.2) is 68.1 Å². The number of nitrogens with one attached hydrogen (secondary N) is 2. The molecule has 2 aromatic carbocycles. The van der Waals surface area contributed by atoms with Gasteiger partial charge in [0.15, 0.2) is 9.84 Å². The van der Waals surface area contributed by atoms with Gasteiger partial charge in [0.05, 0.1) is 11.0 Å². The number of aromatic amines is 1. The molecule has 0 unspecified atom stereocenters. The number of aromatic nitrogens is 1. The maximum atomic E-state index is 12.2. The lowest BCUT2D eigenvalue weighted by atomic mass is 10.1. The summed E-state index contributed by atoms with van der Waals surface area (Å²) in [6.07, 6.45) is 4.12. The molecule has 1 fully saturated rings. The number of benzene rings is 2. The van der Waals surface area contributed by atoms with E-state index in [1.165, 1.54) is 12.1 Å². The van der Waals surface area contributed by atoms with Crippen LogP contribution in [0.25, 0.3) is 10.8 Å². The van der Waals surface area contributed by atoms with Crippen LogP contribution in [0.5, 0.6) is 5.75 Å². The molecule has 0 aliphatic carbocycles. The lowest BCUT2D eigenvalue weighted by molar-refractivity contribution is 0.0608. The molecule has 1 aliphatic heterocycles. The molecule has 3 N–H and O–H groups in total. The number of nitrogens with zero attached hydrogens (tertiary/aromatic N) is 1. The van der Waals surface area contributed by atoms with Gasteiger partial charge in [-0.1, -0.05) is 17.7 Å². The summed E-state index contributed by atoms with van der Waals surface area (Å²) >= 11 is 6.03. The van der Waals surface area contributed by atoms with E-state index in [1.54, 1.807) is 12.3 Å². The number of fused-ring (bicyclic) bond motifs is 1. The SMILES string of the molecule is Cc1cc(Cl)ccc1OC1CCN(C[C@H](O)CNCc2c[nH]c(=O)c3cc(S(C)(=O)=O)ccc23)CC1. The van der Waals surface area contributed by atoms with Crippen LogP contribution in [0.15, 0.2) is 52.3 Å². The van der Waals surface area contributed by atoms with Gasteiger partial charge in [-0.3, -0.25) is 4.79 Å². The summed E-state index contributed by atoms with van der Waals surface area (Å²) < 4.78 is 29.8. The molecule has 1 aromatic heterocycles. The standard InChI is InChI=1S/C26H32ClN3O5S/c1-17-11-19(27)3-6-25(17)35-21-7-9-30(10-8-21)16-20(31)15-28-13-18-14-29-26(32)24-12-22(36(2,33)34)4-5-23(18)24/h3-6,11-12,14,20-21,28,31H,7-10,13,15-16H2,1-2H3,(H,29,32)/t20-/m1/s1. The monoisotopic (exact) mass is 533 g/mol. The van der Waals surface area contributed by atoms with E-state index in [0.29, 0.717) is 35.4 Å². The van der Waals surface area contributed by atoms with E-state index in [2.05, 4.69) is 15.2 Å². The molecular weight excluding hydrogens is 502 g/mol. The molecule has 8 nitrogen and oxygen atoms in total. The van der Waals surface area contributed by atoms with E-state index < -0.39 is 15.9 Å². The minimum Gasteiger partial charge on any atom is -0.490 e. The minimum absolute atomic E-state index is 0.110. The third-order valence-corrected chi connectivity index (χ3v) is 7.86. The minimum atomic E-state index is -3.41. The van der Waals surface area contributed by atoms with Crippen molar-refractivity contribution in [2.75, 3.05) is 32.4 Å². The van der Waals surface area contributed by atoms with Crippen molar-refractivity contribution >= 4 is 32.2 Å². The van der Waals surface area contributed by atoms with Gasteiger partial charge >= 0.3 is 0 Å². The highest BCUT2D eigenvalue weighted by Gasteiger charge is 2.22. The van der Waals surface area contributed by atoms with Gasteiger partial charge in [-0.05, 0) is 66.6 Å². The Kier molecular flexibility index (Phi) is 8.37. The largest absolute Gasteiger partial charge is 0.490 e. The maximum absolute atomic E-state index is 12.2. The molecule has 0 radical (unpaired) electrons. The number of aliphatic hydroxyl groups excluding tert-OH is 1. The van der Waals surface area contributed by atoms with Gasteiger partial charge in [0.25, 0.3) is 5.56 Å². The van der Waals surface area contributed by atoms with Gasteiger partial charge in [0, 0.05) is 55.6 Å². The number of likely N-dealkylation sites (tertiary alicyclic amines) is 1. The number of aryl methyl sites for hydroxylation is 1. The number of halogens is 1. The molecule has 1 saturated heterocycles. The van der Waals surface area contributed by atoms with Gasteiger partial charge in [-0.2, -0.15) is 0 Å². The Labute approximate surface area is 216 Å². The van der Waals surface area contributed by atoms with Gasteiger partial charge < -0.3 is 25.0 Å². The summed E-state index contributed by atoms with van der Waals surface area (Å²) in [6.45, 7) is 5.07. The zero-order valence-corrected chi connectivity index (χ0v) is 22.0. The van der Waals surface area contributed by atoms with Crippen molar-refractivity contribution < 1.29 is 18.3 Å². The fraction of sp³-hybridized carbons (Fsp3) is 0.423. The van der Waals surface area contributed by atoms with Crippen LogP contribution in [0.3, 0.4) is 0 Å². The Hall–Kier alpha value is -2.43. The molecule has 194 valence electrons. The van der Waals surface area contributed by atoms with E-state index in [-0.39, 0.29) is 16.6 Å². The topological polar surface area (TPSA) is 112 Å². The summed E-state index contributed by atoms with van der Waals surface area (Å²) in [7, 11) is -3.41. The smallest absolute Gasteiger partial charge is 0.255 e. The second-order valence-corrected chi connectivity index (χ2v) is 11.9. The van der Waals surface area contributed by atoms with Crippen molar-refractivity contribution in [3.63, 3.8) is 0 Å². The highest BCUT2D eigenvalue weighted by Crippen LogP contribution is 2.25. The molecule has 0 saturated carbocycles. The Morgan fingerprint density at radius 3 is 2.64 bits per heavy atom. The number of sulfone groups is 1. The van der Waals surface area contributed by atoms with Crippen LogP contribution < -0.4 is 15.6 Å². The lowest BCUT2D eigenvalue weighted by Crippen LogP contribution is -2.44. The number of piperidine rings is 1. The van der Waals surface area contributed by atoms with Crippen LogP contribution in [0.4, 0.5) is 0 Å². The van der Waals surface area contributed by atoms with E-state index >= 15 is 0 Å².